The van der Waals surface area contributed by atoms with Crippen molar-refractivity contribution in [3.8, 4) is 17.1 Å². The number of hydrogen-bond acceptors (Lipinski definition) is 6. The first kappa shape index (κ1) is 22.7. The highest BCUT2D eigenvalue weighted by atomic mass is 16.5. The van der Waals surface area contributed by atoms with Crippen molar-refractivity contribution in [2.24, 2.45) is 0 Å². The van der Waals surface area contributed by atoms with Crippen molar-refractivity contribution in [3.05, 3.63) is 84.9 Å². The maximum absolute atomic E-state index is 5.60. The molecule has 0 atom stereocenters. The molecule has 178 valence electrons. The van der Waals surface area contributed by atoms with Crippen LogP contribution in [0.5, 0.6) is 0 Å². The Morgan fingerprint density at radius 1 is 1.09 bits per heavy atom. The van der Waals surface area contributed by atoms with Gasteiger partial charge in [0.15, 0.2) is 11.6 Å². The molecule has 1 aliphatic heterocycles. The summed E-state index contributed by atoms with van der Waals surface area (Å²) in [4.78, 5) is 12.0. The summed E-state index contributed by atoms with van der Waals surface area (Å²) in [5, 5.41) is 9.47. The summed E-state index contributed by atoms with van der Waals surface area (Å²) in [6.07, 6.45) is 13.0. The van der Waals surface area contributed by atoms with Gasteiger partial charge in [0.05, 0.1) is 25.1 Å². The lowest BCUT2D eigenvalue weighted by Gasteiger charge is -2.28. The van der Waals surface area contributed by atoms with Gasteiger partial charge in [-0.25, -0.2) is 4.68 Å². The third-order valence-electron chi connectivity index (χ3n) is 5.80. The van der Waals surface area contributed by atoms with Crippen LogP contribution in [0.4, 0.5) is 5.82 Å². The molecule has 3 aromatic heterocycles. The lowest BCUT2D eigenvalue weighted by atomic mass is 10.1. The number of rotatable bonds is 7. The number of ether oxygens (including phenoxy) is 1. The van der Waals surface area contributed by atoms with Gasteiger partial charge < -0.3 is 9.64 Å². The van der Waals surface area contributed by atoms with Gasteiger partial charge in [0, 0.05) is 30.3 Å². The van der Waals surface area contributed by atoms with Crippen LogP contribution in [0.3, 0.4) is 0 Å². The van der Waals surface area contributed by atoms with E-state index in [0.717, 1.165) is 42.2 Å². The quantitative estimate of drug-likeness (QED) is 0.366. The summed E-state index contributed by atoms with van der Waals surface area (Å²) in [6.45, 7) is 6.99. The van der Waals surface area contributed by atoms with Gasteiger partial charge in [-0.2, -0.15) is 19.6 Å². The van der Waals surface area contributed by atoms with Gasteiger partial charge in [-0.15, -0.1) is 5.10 Å². The van der Waals surface area contributed by atoms with E-state index >= 15 is 0 Å². The summed E-state index contributed by atoms with van der Waals surface area (Å²) in [5.74, 6) is 2.78. The molecule has 0 bridgehead atoms. The van der Waals surface area contributed by atoms with E-state index in [9.17, 15) is 0 Å². The van der Waals surface area contributed by atoms with Gasteiger partial charge in [-0.1, -0.05) is 67.6 Å². The zero-order valence-electron chi connectivity index (χ0n) is 20.1. The Labute approximate surface area is 204 Å². The number of benzene rings is 1. The van der Waals surface area contributed by atoms with Crippen LogP contribution < -0.4 is 4.90 Å². The van der Waals surface area contributed by atoms with Crippen molar-refractivity contribution >= 4 is 17.2 Å². The Bertz CT molecular complexity index is 1380. The number of fused-ring (bicyclic) bond motifs is 1. The molecule has 0 radical (unpaired) electrons. The van der Waals surface area contributed by atoms with E-state index in [0.29, 0.717) is 30.6 Å². The molecule has 4 aromatic rings. The Balaban J connectivity index is 1.67. The molecular formula is C27H29N7O. The van der Waals surface area contributed by atoms with Crippen molar-refractivity contribution in [2.45, 2.75) is 20.3 Å². The Morgan fingerprint density at radius 2 is 1.91 bits per heavy atom. The van der Waals surface area contributed by atoms with Gasteiger partial charge in [-0.3, -0.25) is 0 Å². The molecule has 0 unspecified atom stereocenters. The fourth-order valence-electron chi connectivity index (χ4n) is 4.10. The van der Waals surface area contributed by atoms with E-state index < -0.39 is 0 Å². The fourth-order valence-corrected chi connectivity index (χ4v) is 4.10. The third kappa shape index (κ3) is 4.79. The fraction of sp³-hybridized carbons (Fsp3) is 0.259. The maximum atomic E-state index is 5.60. The van der Waals surface area contributed by atoms with E-state index in [4.69, 9.17) is 19.8 Å². The first-order valence-corrected chi connectivity index (χ1v) is 12.0. The molecule has 1 fully saturated rings. The molecule has 0 saturated carbocycles. The van der Waals surface area contributed by atoms with Crippen LogP contribution in [-0.4, -0.2) is 55.7 Å². The van der Waals surface area contributed by atoms with E-state index in [1.807, 2.05) is 70.8 Å². The van der Waals surface area contributed by atoms with Crippen LogP contribution in [-0.2, 0) is 4.74 Å². The summed E-state index contributed by atoms with van der Waals surface area (Å²) in [7, 11) is 0. The first-order chi connectivity index (χ1) is 17.3. The summed E-state index contributed by atoms with van der Waals surface area (Å²) in [5.41, 5.74) is 2.97. The maximum Gasteiger partial charge on any atom is 0.256 e. The normalized spacial score (nSPS) is 15.1. The molecule has 0 spiro atoms. The van der Waals surface area contributed by atoms with Crippen LogP contribution in [0.2, 0.25) is 0 Å². The van der Waals surface area contributed by atoms with E-state index in [-0.39, 0.29) is 0 Å². The van der Waals surface area contributed by atoms with Gasteiger partial charge in [0.2, 0.25) is 0 Å². The predicted octanol–water partition coefficient (Wildman–Crippen LogP) is 4.74. The molecule has 8 heteroatoms. The van der Waals surface area contributed by atoms with E-state index in [2.05, 4.69) is 35.1 Å². The number of anilines is 1. The SMILES string of the molecule is C\C=C/C(=C\C=C\CC)c1nc2nc(-n3nccc3-c3ccccc3)cc(N3CCOCC3)n2n1. The Morgan fingerprint density at radius 3 is 2.69 bits per heavy atom. The average molecular weight is 468 g/mol. The van der Waals surface area contributed by atoms with Crippen molar-refractivity contribution in [2.75, 3.05) is 31.2 Å². The molecule has 0 N–H and O–H groups in total. The van der Waals surface area contributed by atoms with Crippen LogP contribution in [0.25, 0.3) is 28.4 Å². The van der Waals surface area contributed by atoms with E-state index in [1.165, 1.54) is 0 Å². The largest absolute Gasteiger partial charge is 0.378 e. The van der Waals surface area contributed by atoms with Crippen molar-refractivity contribution in [1.29, 1.82) is 0 Å². The first-order valence-electron chi connectivity index (χ1n) is 12.0. The van der Waals surface area contributed by atoms with Crippen molar-refractivity contribution in [1.82, 2.24) is 29.4 Å². The molecule has 0 aliphatic carbocycles. The minimum absolute atomic E-state index is 0.531. The van der Waals surface area contributed by atoms with Crippen LogP contribution in [0.1, 0.15) is 26.1 Å². The lowest BCUT2D eigenvalue weighted by molar-refractivity contribution is 0.122. The molecule has 1 aromatic carbocycles. The third-order valence-corrected chi connectivity index (χ3v) is 5.80. The lowest BCUT2D eigenvalue weighted by Crippen LogP contribution is -2.37. The predicted molar refractivity (Wildman–Crippen MR) is 139 cm³/mol. The molecule has 1 saturated heterocycles. The van der Waals surface area contributed by atoms with Crippen molar-refractivity contribution in [3.63, 3.8) is 0 Å². The minimum Gasteiger partial charge on any atom is -0.378 e. The summed E-state index contributed by atoms with van der Waals surface area (Å²) >= 11 is 0. The number of allylic oxidation sites excluding steroid dienone is 6. The monoisotopic (exact) mass is 467 g/mol. The number of hydrogen-bond donors (Lipinski definition) is 0. The highest BCUT2D eigenvalue weighted by Crippen LogP contribution is 2.26. The van der Waals surface area contributed by atoms with Gasteiger partial charge >= 0.3 is 0 Å². The molecule has 0 amide bonds. The van der Waals surface area contributed by atoms with Crippen LogP contribution >= 0.6 is 0 Å². The van der Waals surface area contributed by atoms with Crippen LogP contribution in [0, 0.1) is 0 Å². The molecule has 5 rings (SSSR count). The zero-order chi connectivity index (χ0) is 24.0. The Hall–Kier alpha value is -4.04. The van der Waals surface area contributed by atoms with E-state index in [1.54, 1.807) is 6.20 Å². The highest BCUT2D eigenvalue weighted by Gasteiger charge is 2.21. The second-order valence-electron chi connectivity index (χ2n) is 8.17. The number of aromatic nitrogens is 6. The number of nitrogens with zero attached hydrogens (tertiary/aromatic N) is 7. The van der Waals surface area contributed by atoms with Gasteiger partial charge in [-0.05, 0) is 19.4 Å². The second kappa shape index (κ2) is 10.5. The minimum atomic E-state index is 0.531. The summed E-state index contributed by atoms with van der Waals surface area (Å²) in [6, 6.07) is 14.2. The highest BCUT2D eigenvalue weighted by molar-refractivity contribution is 5.72. The Kier molecular flexibility index (Phi) is 6.81. The zero-order valence-corrected chi connectivity index (χ0v) is 20.1. The number of morpholine rings is 1. The average Bonchev–Trinajstić information content (AvgIpc) is 3.56. The molecule has 35 heavy (non-hydrogen) atoms. The van der Waals surface area contributed by atoms with Gasteiger partial charge in [0.1, 0.15) is 5.82 Å². The van der Waals surface area contributed by atoms with Crippen molar-refractivity contribution < 1.29 is 4.74 Å². The van der Waals surface area contributed by atoms with Crippen LogP contribution in [0.15, 0.2) is 79.0 Å². The molecule has 8 nitrogen and oxygen atoms in total. The molecule has 1 aliphatic rings. The standard InChI is InChI=1S/C27H29N7O/c1-3-5-7-13-22(10-4-2)26-30-27-29-24(20-25(34(27)31-26)32-16-18-35-19-17-32)33-23(14-15-28-33)21-11-8-6-9-12-21/h4-15,20H,3,16-19H2,1-2H3/b7-5+,10-4-,22-13+. The summed E-state index contributed by atoms with van der Waals surface area (Å²) < 4.78 is 9.29. The topological polar surface area (TPSA) is 73.4 Å². The van der Waals surface area contributed by atoms with Gasteiger partial charge in [0.25, 0.3) is 5.78 Å². The molecular weight excluding hydrogens is 438 g/mol. The second-order valence-corrected chi connectivity index (χ2v) is 8.17. The molecule has 4 heterocycles. The smallest absolute Gasteiger partial charge is 0.256 e.